The fourth-order valence-electron chi connectivity index (χ4n) is 7.83. The molecule has 0 heterocycles. The maximum atomic E-state index is 15.7. The van der Waals surface area contributed by atoms with Crippen LogP contribution in [0.2, 0.25) is 0 Å². The lowest BCUT2D eigenvalue weighted by molar-refractivity contribution is -0.131. The fraction of sp³-hybridized carbons (Fsp3) is 0.481. The van der Waals surface area contributed by atoms with Crippen LogP contribution < -0.4 is 31.9 Å². The first kappa shape index (κ1) is 85.4. The van der Waals surface area contributed by atoms with Crippen molar-refractivity contribution in [2.45, 2.75) is 61.9 Å². The first-order valence-electron chi connectivity index (χ1n) is 26.8. The Morgan fingerprint density at radius 2 is 0.613 bits per heavy atom. The highest BCUT2D eigenvalue weighted by Crippen LogP contribution is 2.40. The molecule has 0 aliphatic heterocycles. The number of hydrogen-bond acceptors (Lipinski definition) is 24. The largest absolute Gasteiger partial charge is 0.394 e. The van der Waals surface area contributed by atoms with Gasteiger partial charge in [-0.2, -0.15) is 0 Å². The minimum Gasteiger partial charge on any atom is -0.394 e. The van der Waals surface area contributed by atoms with Crippen molar-refractivity contribution in [3.63, 3.8) is 0 Å². The second kappa shape index (κ2) is 39.8. The van der Waals surface area contributed by atoms with Gasteiger partial charge >= 0.3 is 0 Å². The Kier molecular flexibility index (Phi) is 36.5. The number of hydrogen-bond donors (Lipinski definition) is 21. The number of amides is 9. The fourth-order valence-corrected chi connectivity index (χ4v) is 19.3. The average Bonchev–Trinajstić information content (AvgIpc) is 0.782. The Bertz CT molecular complexity index is 3140. The molecule has 33 nitrogen and oxygen atoms in total. The van der Waals surface area contributed by atoms with E-state index in [1.54, 1.807) is 181 Å². The Morgan fingerprint density at radius 3 is 0.914 bits per heavy atom. The van der Waals surface area contributed by atoms with Gasteiger partial charge in [-0.3, -0.25) is 43.2 Å². The summed E-state index contributed by atoms with van der Waals surface area (Å²) in [6.07, 6.45) is -17.1. The number of aliphatic hydroxyl groups excluding tert-OH is 15. The van der Waals surface area contributed by atoms with Crippen molar-refractivity contribution >= 4 is 251 Å². The van der Waals surface area contributed by atoms with E-state index in [4.69, 9.17) is 0 Å². The van der Waals surface area contributed by atoms with Gasteiger partial charge in [0.15, 0.2) is 18.3 Å². The smallest absolute Gasteiger partial charge is 0.256 e. The quantitative estimate of drug-likeness (QED) is 0.0259. The maximum absolute atomic E-state index is 15.7. The van der Waals surface area contributed by atoms with E-state index in [9.17, 15) is 105 Å². The van der Waals surface area contributed by atoms with Crippen molar-refractivity contribution in [1.29, 1.82) is 0 Å². The van der Waals surface area contributed by atoms with E-state index in [-0.39, 0.29) is 84.6 Å². The minimum absolute atomic E-state index is 0.00659. The number of likely N-dealkylation sites (N-methyl/N-ethyl adjacent to an activating group) is 2. The van der Waals surface area contributed by atoms with Gasteiger partial charge in [-0.15, -0.1) is 0 Å². The summed E-state index contributed by atoms with van der Waals surface area (Å²) in [5.41, 5.74) is -2.47. The highest BCUT2D eigenvalue weighted by molar-refractivity contribution is 14.1. The van der Waals surface area contributed by atoms with Crippen LogP contribution >= 0.6 is 181 Å². The topological polar surface area (TPSA) is 539 Å². The molecule has 0 saturated heterocycles. The van der Waals surface area contributed by atoms with Gasteiger partial charge in [0.2, 0.25) is 0 Å². The van der Waals surface area contributed by atoms with Gasteiger partial charge in [-0.05, 0) is 193 Å². The molecule has 0 radical (unpaired) electrons. The monoisotopic (exact) mass is 2210 g/mol. The summed E-state index contributed by atoms with van der Waals surface area (Å²) >= 11 is 13.4. The first-order chi connectivity index (χ1) is 43.5. The van der Waals surface area contributed by atoms with Gasteiger partial charge < -0.3 is 123 Å². The molecule has 9 amide bonds. The lowest BCUT2D eigenvalue weighted by Crippen LogP contribution is -2.45. The Balaban J connectivity index is 2.43. The van der Waals surface area contributed by atoms with Crippen molar-refractivity contribution in [3.8, 4) is 0 Å². The summed E-state index contributed by atoms with van der Waals surface area (Å²) in [7, 11) is 2.53. The van der Waals surface area contributed by atoms with Gasteiger partial charge in [0.1, 0.15) is 18.3 Å². The summed E-state index contributed by atoms with van der Waals surface area (Å²) in [6.45, 7) is -7.62. The van der Waals surface area contributed by atoms with Gasteiger partial charge in [0.05, 0.1) is 126 Å². The van der Waals surface area contributed by atoms with Crippen LogP contribution in [-0.2, 0) is 14.4 Å². The molecule has 518 valence electrons. The van der Waals surface area contributed by atoms with Crippen molar-refractivity contribution < 1.29 is 120 Å². The van der Waals surface area contributed by atoms with Crippen LogP contribution in [0.3, 0.4) is 0 Å². The van der Waals surface area contributed by atoms with E-state index in [2.05, 4.69) is 31.9 Å². The molecule has 0 aromatic heterocycles. The summed E-state index contributed by atoms with van der Waals surface area (Å²) in [5, 5.41) is 164. The molecule has 3 aromatic rings. The number of carbonyl (C=O) groups is 9. The summed E-state index contributed by atoms with van der Waals surface area (Å²) in [4.78, 5) is 131. The zero-order valence-electron chi connectivity index (χ0n) is 48.6. The second-order valence-electron chi connectivity index (χ2n) is 19.9. The molecule has 21 N–H and O–H groups in total. The van der Waals surface area contributed by atoms with Crippen molar-refractivity contribution in [2.75, 3.05) is 116 Å². The highest BCUT2D eigenvalue weighted by Gasteiger charge is 2.37. The van der Waals surface area contributed by atoms with Crippen LogP contribution in [0.5, 0.6) is 0 Å². The van der Waals surface area contributed by atoms with E-state index >= 15 is 14.4 Å². The van der Waals surface area contributed by atoms with Gasteiger partial charge in [-0.25, -0.2) is 0 Å². The highest BCUT2D eigenvalue weighted by atomic mass is 127. The Labute approximate surface area is 638 Å². The molecule has 0 bridgehead atoms. The van der Waals surface area contributed by atoms with E-state index in [1.165, 1.54) is 21.0 Å². The molecule has 0 aliphatic rings. The molecule has 0 aliphatic carbocycles. The zero-order valence-corrected chi connectivity index (χ0v) is 65.9. The van der Waals surface area contributed by atoms with Crippen molar-refractivity contribution in [1.82, 2.24) is 30.7 Å². The number of anilines is 3. The normalized spacial score (nSPS) is 14.3. The number of nitrogens with one attached hydrogen (secondary N) is 6. The standard InChI is InChI=1S/C52H65I8N9O24/c1-17-24(44(85)61-8-18(76)11-70)30(53)27(35(58)38(17)64-47(88)41(82)21(79)14-73)50(91)67(2)4-6-69(52(93)29-32(55)26(46(87)63-10-20(78)13-72)34(57)40(37(29)60)66-49(90)43(84)23(81)16-75)7-5-68(3)51(92)28-31(54)25(45(86)62-9-19(77)12-71)33(56)39(36(28)59)65-48(89)42(83)22(80)15-74/h18-23,41-43,70-84H,4-16H2,1-3H3,(H,61,85)(H,62,86)(H,63,87)(H,64,88)(H,65,89)(H,66,90). The number of rotatable bonds is 33. The molecule has 3 aromatic carbocycles. The van der Waals surface area contributed by atoms with E-state index in [1.807, 2.05) is 0 Å². The lowest BCUT2D eigenvalue weighted by atomic mass is 10.00. The predicted octanol–water partition coefficient (Wildman–Crippen LogP) is -3.97. The average molecular weight is 2220 g/mol. The molecule has 3 rings (SSSR count). The number of nitrogens with zero attached hydrogens (tertiary/aromatic N) is 3. The molecule has 0 spiro atoms. The van der Waals surface area contributed by atoms with Crippen molar-refractivity contribution in [3.05, 3.63) is 67.5 Å². The third-order valence-corrected chi connectivity index (χ3v) is 21.9. The lowest BCUT2D eigenvalue weighted by Gasteiger charge is -2.30. The van der Waals surface area contributed by atoms with E-state index in [0.717, 1.165) is 14.7 Å². The number of benzene rings is 3. The summed E-state index contributed by atoms with van der Waals surface area (Å²) < 4.78 is -0.502. The molecule has 0 saturated carbocycles. The second-order valence-corrected chi connectivity index (χ2v) is 28.6. The molecule has 0 fully saturated rings. The summed E-state index contributed by atoms with van der Waals surface area (Å²) in [5.74, 6) is -9.48. The molecule has 9 atom stereocenters. The molecule has 9 unspecified atom stereocenters. The predicted molar refractivity (Wildman–Crippen MR) is 395 cm³/mol. The third kappa shape index (κ3) is 21.8. The van der Waals surface area contributed by atoms with Crippen LogP contribution in [-0.4, -0.2) is 299 Å². The SMILES string of the molecule is Cc1c(NC(=O)C(O)C(O)CO)c(I)c(C(=O)N(C)CCN(CCN(C)C(=O)c2c(I)c(NC(=O)C(O)C(O)CO)c(I)c(C(=O)NCC(O)CO)c2I)C(=O)c2c(I)c(NC(=O)C(O)C(O)CO)c(I)c(C(=O)NCC(O)CO)c2I)c(I)c1C(=O)NCC(O)CO. The number of aliphatic hydroxyl groups is 15. The number of carbonyl (C=O) groups excluding carboxylic acids is 9. The molecule has 93 heavy (non-hydrogen) atoms. The summed E-state index contributed by atoms with van der Waals surface area (Å²) in [6, 6.07) is 0. The Hall–Kier alpha value is -1.87. The van der Waals surface area contributed by atoms with Crippen LogP contribution in [0.15, 0.2) is 0 Å². The van der Waals surface area contributed by atoms with Crippen LogP contribution in [0, 0.1) is 35.5 Å². The molecule has 41 heteroatoms. The van der Waals surface area contributed by atoms with Crippen LogP contribution in [0.1, 0.15) is 67.7 Å². The minimum atomic E-state index is -2.28. The van der Waals surface area contributed by atoms with E-state index < -0.39 is 194 Å². The van der Waals surface area contributed by atoms with Gasteiger partial charge in [0, 0.05) is 70.6 Å². The van der Waals surface area contributed by atoms with Crippen LogP contribution in [0.25, 0.3) is 0 Å². The van der Waals surface area contributed by atoms with Gasteiger partial charge in [-0.1, -0.05) is 0 Å². The molecular formula is C52H65I8N9O24. The maximum Gasteiger partial charge on any atom is 0.256 e. The van der Waals surface area contributed by atoms with Crippen LogP contribution in [0.4, 0.5) is 17.1 Å². The third-order valence-electron chi connectivity index (χ3n) is 13.3. The Morgan fingerprint density at radius 1 is 0.355 bits per heavy atom. The zero-order chi connectivity index (χ0) is 71.0. The van der Waals surface area contributed by atoms with E-state index in [0.29, 0.717) is 0 Å². The first-order valence-corrected chi connectivity index (χ1v) is 35.4. The van der Waals surface area contributed by atoms with Crippen molar-refractivity contribution in [2.24, 2.45) is 0 Å². The van der Waals surface area contributed by atoms with Gasteiger partial charge in [0.25, 0.3) is 53.2 Å². The number of halogens is 8. The molecular weight excluding hydrogens is 2150 g/mol.